The Hall–Kier alpha value is -3.26. The molecular formula is C23H24N4O3S. The molecule has 8 heteroatoms. The zero-order valence-electron chi connectivity index (χ0n) is 17.5. The lowest BCUT2D eigenvalue weighted by Crippen LogP contribution is -2.31. The number of anilines is 2. The number of methoxy groups -OCH3 is 2. The minimum absolute atomic E-state index is 0.157. The van der Waals surface area contributed by atoms with Crippen LogP contribution in [-0.4, -0.2) is 42.6 Å². The van der Waals surface area contributed by atoms with E-state index in [0.717, 1.165) is 25.3 Å². The van der Waals surface area contributed by atoms with E-state index in [2.05, 4.69) is 44.7 Å². The van der Waals surface area contributed by atoms with E-state index in [1.807, 2.05) is 12.1 Å². The summed E-state index contributed by atoms with van der Waals surface area (Å²) in [5.41, 5.74) is 3.30. The maximum absolute atomic E-state index is 12.4. The molecule has 31 heavy (non-hydrogen) atoms. The number of nitrogens with zero attached hydrogens (tertiary/aromatic N) is 3. The number of ether oxygens (including phenoxy) is 2. The molecule has 1 amide bonds. The lowest BCUT2D eigenvalue weighted by atomic mass is 10.00. The molecule has 7 nitrogen and oxygen atoms in total. The van der Waals surface area contributed by atoms with E-state index in [0.29, 0.717) is 22.2 Å². The fraction of sp³-hybridized carbons (Fsp3) is 0.261. The van der Waals surface area contributed by atoms with Crippen molar-refractivity contribution >= 4 is 29.2 Å². The molecule has 0 atom stereocenters. The van der Waals surface area contributed by atoms with E-state index >= 15 is 0 Å². The van der Waals surface area contributed by atoms with Crippen molar-refractivity contribution in [3.63, 3.8) is 0 Å². The average Bonchev–Trinajstić information content (AvgIpc) is 2.82. The number of fused-ring (bicyclic) bond motifs is 1. The number of benzene rings is 2. The number of amides is 1. The molecule has 0 fully saturated rings. The summed E-state index contributed by atoms with van der Waals surface area (Å²) >= 11 is 1.34. The Labute approximate surface area is 185 Å². The third-order valence-electron chi connectivity index (χ3n) is 5.11. The molecule has 1 aromatic heterocycles. The van der Waals surface area contributed by atoms with Gasteiger partial charge in [-0.2, -0.15) is 0 Å². The number of thioether (sulfide) groups is 1. The summed E-state index contributed by atoms with van der Waals surface area (Å²) < 4.78 is 10.5. The van der Waals surface area contributed by atoms with E-state index < -0.39 is 0 Å². The maximum Gasteiger partial charge on any atom is 0.234 e. The number of rotatable bonds is 7. The molecule has 0 radical (unpaired) electrons. The first-order valence-corrected chi connectivity index (χ1v) is 10.9. The standard InChI is InChI=1S/C23H24N4O3S/c1-29-18-7-8-20(30-2)19(13-18)24-22(28)15-31-23-10-9-21(25-26-23)27-12-11-16-5-3-4-6-17(16)14-27/h3-10,13H,11-12,14-15H2,1-2H3,(H,24,28). The number of hydrogen-bond donors (Lipinski definition) is 1. The predicted octanol–water partition coefficient (Wildman–Crippen LogP) is 3.79. The summed E-state index contributed by atoms with van der Waals surface area (Å²) in [6.45, 7) is 1.76. The summed E-state index contributed by atoms with van der Waals surface area (Å²) in [6.07, 6.45) is 1.00. The van der Waals surface area contributed by atoms with Gasteiger partial charge in [-0.3, -0.25) is 4.79 Å². The smallest absolute Gasteiger partial charge is 0.234 e. The molecule has 0 aliphatic carbocycles. The van der Waals surface area contributed by atoms with Gasteiger partial charge in [0.2, 0.25) is 5.91 Å². The van der Waals surface area contributed by atoms with Gasteiger partial charge < -0.3 is 19.7 Å². The van der Waals surface area contributed by atoms with Gasteiger partial charge in [0.25, 0.3) is 0 Å². The number of carbonyl (C=O) groups excluding carboxylic acids is 1. The molecule has 4 rings (SSSR count). The fourth-order valence-corrected chi connectivity index (χ4v) is 4.10. The molecule has 1 aliphatic heterocycles. The van der Waals surface area contributed by atoms with Crippen LogP contribution in [-0.2, 0) is 17.8 Å². The van der Waals surface area contributed by atoms with E-state index in [-0.39, 0.29) is 11.7 Å². The van der Waals surface area contributed by atoms with Crippen LogP contribution in [0.2, 0.25) is 0 Å². The maximum atomic E-state index is 12.4. The normalized spacial score (nSPS) is 12.8. The third kappa shape index (κ3) is 5.08. The van der Waals surface area contributed by atoms with E-state index in [4.69, 9.17) is 9.47 Å². The van der Waals surface area contributed by atoms with Crippen molar-refractivity contribution in [1.82, 2.24) is 10.2 Å². The largest absolute Gasteiger partial charge is 0.497 e. The first kappa shape index (κ1) is 21.0. The predicted molar refractivity (Wildman–Crippen MR) is 122 cm³/mol. The van der Waals surface area contributed by atoms with Crippen LogP contribution in [0, 0.1) is 0 Å². The molecule has 1 aliphatic rings. The van der Waals surface area contributed by atoms with Gasteiger partial charge in [-0.25, -0.2) is 0 Å². The van der Waals surface area contributed by atoms with Crippen molar-refractivity contribution in [2.45, 2.75) is 18.0 Å². The van der Waals surface area contributed by atoms with Crippen molar-refractivity contribution in [2.24, 2.45) is 0 Å². The minimum Gasteiger partial charge on any atom is -0.497 e. The quantitative estimate of drug-likeness (QED) is 0.565. The highest BCUT2D eigenvalue weighted by Gasteiger charge is 2.17. The van der Waals surface area contributed by atoms with Gasteiger partial charge >= 0.3 is 0 Å². The molecule has 0 saturated carbocycles. The second-order valence-corrected chi connectivity index (χ2v) is 8.07. The van der Waals surface area contributed by atoms with Crippen LogP contribution in [0.15, 0.2) is 59.6 Å². The summed E-state index contributed by atoms with van der Waals surface area (Å²) in [4.78, 5) is 14.6. The zero-order chi connectivity index (χ0) is 21.6. The molecule has 2 heterocycles. The molecule has 0 saturated heterocycles. The lowest BCUT2D eigenvalue weighted by molar-refractivity contribution is -0.113. The molecule has 1 N–H and O–H groups in total. The molecule has 3 aromatic rings. The highest BCUT2D eigenvalue weighted by molar-refractivity contribution is 7.99. The zero-order valence-corrected chi connectivity index (χ0v) is 18.3. The monoisotopic (exact) mass is 436 g/mol. The van der Waals surface area contributed by atoms with Gasteiger partial charge in [0.05, 0.1) is 25.7 Å². The van der Waals surface area contributed by atoms with Gasteiger partial charge in [0.15, 0.2) is 5.82 Å². The molecule has 0 bridgehead atoms. The molecular weight excluding hydrogens is 412 g/mol. The fourth-order valence-electron chi connectivity index (χ4n) is 3.49. The van der Waals surface area contributed by atoms with Crippen LogP contribution in [0.5, 0.6) is 11.5 Å². The number of aromatic nitrogens is 2. The van der Waals surface area contributed by atoms with Gasteiger partial charge in [0, 0.05) is 19.2 Å². The molecule has 0 unspecified atom stereocenters. The van der Waals surface area contributed by atoms with Crippen molar-refractivity contribution in [3.8, 4) is 11.5 Å². The highest BCUT2D eigenvalue weighted by atomic mass is 32.2. The topological polar surface area (TPSA) is 76.6 Å². The Balaban J connectivity index is 1.33. The summed E-state index contributed by atoms with van der Waals surface area (Å²) in [6, 6.07) is 17.6. The molecule has 160 valence electrons. The summed E-state index contributed by atoms with van der Waals surface area (Å²) in [7, 11) is 3.14. The first-order chi connectivity index (χ1) is 15.2. The highest BCUT2D eigenvalue weighted by Crippen LogP contribution is 2.29. The van der Waals surface area contributed by atoms with Crippen LogP contribution >= 0.6 is 11.8 Å². The van der Waals surface area contributed by atoms with Gasteiger partial charge in [-0.1, -0.05) is 36.0 Å². The summed E-state index contributed by atoms with van der Waals surface area (Å²) in [5.74, 6) is 2.13. The Kier molecular flexibility index (Phi) is 6.57. The van der Waals surface area contributed by atoms with Gasteiger partial charge in [-0.15, -0.1) is 10.2 Å². The Morgan fingerprint density at radius 3 is 2.65 bits per heavy atom. The van der Waals surface area contributed by atoms with Gasteiger partial charge in [-0.05, 0) is 41.8 Å². The number of hydrogen-bond acceptors (Lipinski definition) is 7. The Morgan fingerprint density at radius 2 is 1.90 bits per heavy atom. The van der Waals surface area contributed by atoms with E-state index in [1.165, 1.54) is 22.9 Å². The van der Waals surface area contributed by atoms with Gasteiger partial charge in [0.1, 0.15) is 16.5 Å². The molecule has 0 spiro atoms. The SMILES string of the molecule is COc1ccc(OC)c(NC(=O)CSc2ccc(N3CCc4ccccc4C3)nn2)c1. The second-order valence-electron chi connectivity index (χ2n) is 7.07. The van der Waals surface area contributed by atoms with Crippen molar-refractivity contribution < 1.29 is 14.3 Å². The van der Waals surface area contributed by atoms with Crippen LogP contribution < -0.4 is 19.7 Å². The summed E-state index contributed by atoms with van der Waals surface area (Å²) in [5, 5.41) is 12.2. The van der Waals surface area contributed by atoms with Crippen LogP contribution in [0.25, 0.3) is 0 Å². The van der Waals surface area contributed by atoms with Crippen molar-refractivity contribution in [2.75, 3.05) is 36.7 Å². The van der Waals surface area contributed by atoms with Crippen LogP contribution in [0.1, 0.15) is 11.1 Å². The first-order valence-electron chi connectivity index (χ1n) is 9.96. The van der Waals surface area contributed by atoms with Crippen molar-refractivity contribution in [3.05, 3.63) is 65.7 Å². The van der Waals surface area contributed by atoms with E-state index in [9.17, 15) is 4.79 Å². The minimum atomic E-state index is -0.157. The second kappa shape index (κ2) is 9.70. The third-order valence-corrected chi connectivity index (χ3v) is 6.03. The van der Waals surface area contributed by atoms with Crippen molar-refractivity contribution in [1.29, 1.82) is 0 Å². The van der Waals surface area contributed by atoms with Crippen LogP contribution in [0.3, 0.4) is 0 Å². The molecule has 2 aromatic carbocycles. The number of carbonyl (C=O) groups is 1. The Bertz CT molecular complexity index is 1060. The Morgan fingerprint density at radius 1 is 1.06 bits per heavy atom. The van der Waals surface area contributed by atoms with E-state index in [1.54, 1.807) is 32.4 Å². The lowest BCUT2D eigenvalue weighted by Gasteiger charge is -2.29. The average molecular weight is 437 g/mol. The number of nitrogens with one attached hydrogen (secondary N) is 1. The van der Waals surface area contributed by atoms with Crippen LogP contribution in [0.4, 0.5) is 11.5 Å².